The maximum atomic E-state index is 4.28. The first-order chi connectivity index (χ1) is 8.66. The van der Waals surface area contributed by atoms with E-state index in [-0.39, 0.29) is 6.04 Å². The fourth-order valence-corrected chi connectivity index (χ4v) is 1.79. The van der Waals surface area contributed by atoms with Crippen LogP contribution in [0.4, 0.5) is 5.95 Å². The third kappa shape index (κ3) is 2.99. The van der Waals surface area contributed by atoms with E-state index < -0.39 is 0 Å². The number of aromatic nitrogens is 6. The van der Waals surface area contributed by atoms with Gasteiger partial charge in [-0.15, -0.1) is 0 Å². The summed E-state index contributed by atoms with van der Waals surface area (Å²) in [6.07, 6.45) is 5.42. The largest absolute Gasteiger partial charge is 0.344 e. The summed E-state index contributed by atoms with van der Waals surface area (Å²) in [4.78, 5) is 16.2. The molecule has 0 fully saturated rings. The van der Waals surface area contributed by atoms with Crippen molar-refractivity contribution in [2.75, 3.05) is 5.32 Å². The summed E-state index contributed by atoms with van der Waals surface area (Å²) in [5.41, 5.74) is 0. The highest BCUT2D eigenvalue weighted by molar-refractivity contribution is 5.25. The molecule has 18 heavy (non-hydrogen) atoms. The second-order valence-electron chi connectivity index (χ2n) is 4.53. The van der Waals surface area contributed by atoms with E-state index in [2.05, 4.69) is 44.2 Å². The Morgan fingerprint density at radius 1 is 1.17 bits per heavy atom. The first-order valence-electron chi connectivity index (χ1n) is 5.89. The van der Waals surface area contributed by atoms with E-state index in [0.29, 0.717) is 11.9 Å². The number of nitrogens with one attached hydrogen (secondary N) is 1. The van der Waals surface area contributed by atoms with E-state index in [9.17, 15) is 0 Å². The van der Waals surface area contributed by atoms with Crippen molar-refractivity contribution >= 4 is 5.95 Å². The van der Waals surface area contributed by atoms with Crippen LogP contribution in [0.3, 0.4) is 0 Å². The van der Waals surface area contributed by atoms with Gasteiger partial charge in [-0.2, -0.15) is 5.10 Å². The van der Waals surface area contributed by atoms with Crippen molar-refractivity contribution in [3.63, 3.8) is 0 Å². The molecule has 0 aromatic carbocycles. The van der Waals surface area contributed by atoms with E-state index >= 15 is 0 Å². The topological polar surface area (TPSA) is 81.4 Å². The Bertz CT molecular complexity index is 479. The molecule has 0 amide bonds. The van der Waals surface area contributed by atoms with Crippen molar-refractivity contribution in [2.24, 2.45) is 13.0 Å². The molecule has 0 spiro atoms. The lowest BCUT2D eigenvalue weighted by Gasteiger charge is -2.19. The number of hydrogen-bond donors (Lipinski definition) is 1. The van der Waals surface area contributed by atoms with Gasteiger partial charge in [0.1, 0.15) is 24.8 Å². The van der Waals surface area contributed by atoms with Crippen LogP contribution in [-0.4, -0.2) is 29.7 Å². The zero-order valence-corrected chi connectivity index (χ0v) is 10.8. The van der Waals surface area contributed by atoms with Crippen LogP contribution in [0.2, 0.25) is 0 Å². The van der Waals surface area contributed by atoms with E-state index in [1.165, 1.54) is 12.7 Å². The molecule has 2 aromatic rings. The summed E-state index contributed by atoms with van der Waals surface area (Å²) >= 11 is 0. The smallest absolute Gasteiger partial charge is 0.226 e. The lowest BCUT2D eigenvalue weighted by Crippen LogP contribution is -2.19. The minimum absolute atomic E-state index is 0.0416. The standard InChI is InChI=1S/C11H17N7/c1-8(2)4-9(10-13-7-16-18(10)3)17-11-14-5-12-6-15-11/h5-9H,4H2,1-3H3,(H,12,14,15,17)/t9-/m1/s1. The highest BCUT2D eigenvalue weighted by Crippen LogP contribution is 2.22. The van der Waals surface area contributed by atoms with Gasteiger partial charge >= 0.3 is 0 Å². The molecule has 0 aliphatic heterocycles. The summed E-state index contributed by atoms with van der Waals surface area (Å²) in [5, 5.41) is 7.37. The molecule has 96 valence electrons. The molecule has 0 bridgehead atoms. The van der Waals surface area contributed by atoms with Crippen molar-refractivity contribution in [3.05, 3.63) is 24.8 Å². The highest BCUT2D eigenvalue weighted by Gasteiger charge is 2.18. The van der Waals surface area contributed by atoms with Crippen molar-refractivity contribution in [2.45, 2.75) is 26.3 Å². The average Bonchev–Trinajstić information content (AvgIpc) is 2.75. The van der Waals surface area contributed by atoms with Gasteiger partial charge in [-0.1, -0.05) is 13.8 Å². The third-order valence-corrected chi connectivity index (χ3v) is 2.56. The van der Waals surface area contributed by atoms with Crippen LogP contribution >= 0.6 is 0 Å². The zero-order valence-electron chi connectivity index (χ0n) is 10.8. The number of anilines is 1. The first-order valence-corrected chi connectivity index (χ1v) is 5.89. The van der Waals surface area contributed by atoms with Gasteiger partial charge in [0.25, 0.3) is 0 Å². The van der Waals surface area contributed by atoms with Crippen molar-refractivity contribution in [1.82, 2.24) is 29.7 Å². The zero-order chi connectivity index (χ0) is 13.0. The molecular formula is C11H17N7. The molecular weight excluding hydrogens is 230 g/mol. The maximum absolute atomic E-state index is 4.28. The Labute approximate surface area is 106 Å². The van der Waals surface area contributed by atoms with Gasteiger partial charge in [0, 0.05) is 7.05 Å². The summed E-state index contributed by atoms with van der Waals surface area (Å²) < 4.78 is 1.77. The second-order valence-corrected chi connectivity index (χ2v) is 4.53. The van der Waals surface area contributed by atoms with Gasteiger partial charge in [0.05, 0.1) is 6.04 Å². The molecule has 0 unspecified atom stereocenters. The van der Waals surface area contributed by atoms with E-state index in [4.69, 9.17) is 0 Å². The molecule has 2 aromatic heterocycles. The number of rotatable bonds is 5. The summed E-state index contributed by atoms with van der Waals surface area (Å²) in [6.45, 7) is 4.33. The van der Waals surface area contributed by atoms with Crippen molar-refractivity contribution < 1.29 is 0 Å². The van der Waals surface area contributed by atoms with Crippen molar-refractivity contribution in [1.29, 1.82) is 0 Å². The summed E-state index contributed by atoms with van der Waals surface area (Å²) in [6, 6.07) is 0.0416. The highest BCUT2D eigenvalue weighted by atomic mass is 15.3. The van der Waals surface area contributed by atoms with Gasteiger partial charge in [-0.3, -0.25) is 4.68 Å². The Hall–Kier alpha value is -2.05. The average molecular weight is 247 g/mol. The lowest BCUT2D eigenvalue weighted by atomic mass is 10.0. The second kappa shape index (κ2) is 5.52. The van der Waals surface area contributed by atoms with Crippen LogP contribution in [0.15, 0.2) is 19.0 Å². The number of nitrogens with zero attached hydrogens (tertiary/aromatic N) is 6. The summed E-state index contributed by atoms with van der Waals surface area (Å²) in [7, 11) is 1.88. The van der Waals surface area contributed by atoms with Gasteiger partial charge in [0.15, 0.2) is 0 Å². The van der Waals surface area contributed by atoms with Crippen LogP contribution in [-0.2, 0) is 7.05 Å². The molecule has 7 nitrogen and oxygen atoms in total. The fourth-order valence-electron chi connectivity index (χ4n) is 1.79. The van der Waals surface area contributed by atoms with Crippen LogP contribution in [0.5, 0.6) is 0 Å². The maximum Gasteiger partial charge on any atom is 0.226 e. The van der Waals surface area contributed by atoms with Gasteiger partial charge < -0.3 is 5.32 Å². The molecule has 1 atom stereocenters. The molecule has 0 saturated carbocycles. The first kappa shape index (κ1) is 12.4. The Morgan fingerprint density at radius 2 is 1.89 bits per heavy atom. The van der Waals surface area contributed by atoms with Gasteiger partial charge in [-0.05, 0) is 12.3 Å². The quantitative estimate of drug-likeness (QED) is 0.855. The molecule has 2 heterocycles. The van der Waals surface area contributed by atoms with E-state index in [1.54, 1.807) is 11.0 Å². The van der Waals surface area contributed by atoms with Crippen LogP contribution in [0.1, 0.15) is 32.1 Å². The van der Waals surface area contributed by atoms with Crippen LogP contribution in [0, 0.1) is 5.92 Å². The Morgan fingerprint density at radius 3 is 2.44 bits per heavy atom. The molecule has 2 rings (SSSR count). The Balaban J connectivity index is 2.18. The van der Waals surface area contributed by atoms with E-state index in [0.717, 1.165) is 12.2 Å². The minimum atomic E-state index is 0.0416. The molecule has 0 radical (unpaired) electrons. The van der Waals surface area contributed by atoms with Crippen LogP contribution < -0.4 is 5.32 Å². The van der Waals surface area contributed by atoms with Gasteiger partial charge in [-0.25, -0.2) is 19.9 Å². The Kier molecular flexibility index (Phi) is 3.81. The predicted octanol–water partition coefficient (Wildman–Crippen LogP) is 1.20. The lowest BCUT2D eigenvalue weighted by molar-refractivity contribution is 0.496. The molecule has 0 saturated heterocycles. The molecule has 0 aliphatic rings. The molecule has 1 N–H and O–H groups in total. The summed E-state index contributed by atoms with van der Waals surface area (Å²) in [5.74, 6) is 1.96. The predicted molar refractivity (Wildman–Crippen MR) is 66.6 cm³/mol. The molecule has 7 heteroatoms. The molecule has 0 aliphatic carbocycles. The fraction of sp³-hybridized carbons (Fsp3) is 0.545. The minimum Gasteiger partial charge on any atom is -0.344 e. The van der Waals surface area contributed by atoms with Gasteiger partial charge in [0.2, 0.25) is 5.95 Å². The van der Waals surface area contributed by atoms with Crippen molar-refractivity contribution in [3.8, 4) is 0 Å². The SMILES string of the molecule is CC(C)C[C@@H](Nc1ncncn1)c1ncnn1C. The third-order valence-electron chi connectivity index (χ3n) is 2.56. The monoisotopic (exact) mass is 247 g/mol. The normalized spacial score (nSPS) is 12.7. The number of hydrogen-bond acceptors (Lipinski definition) is 6. The number of aryl methyl sites for hydroxylation is 1. The van der Waals surface area contributed by atoms with Crippen LogP contribution in [0.25, 0.3) is 0 Å². The van der Waals surface area contributed by atoms with E-state index in [1.807, 2.05) is 7.05 Å².